The topological polar surface area (TPSA) is 95.1 Å². The number of carbonyl (C=O) groups excluding carboxylic acids is 1. The molecular formula is C11H11Cl2N5O. The number of azide groups is 1. The van der Waals surface area contributed by atoms with E-state index in [0.717, 1.165) is 0 Å². The van der Waals surface area contributed by atoms with Gasteiger partial charge >= 0.3 is 0 Å². The lowest BCUT2D eigenvalue weighted by atomic mass is 10.1. The third kappa shape index (κ3) is 2.87. The maximum absolute atomic E-state index is 11.9. The van der Waals surface area contributed by atoms with Crippen molar-refractivity contribution >= 4 is 40.5 Å². The Morgan fingerprint density at radius 3 is 2.68 bits per heavy atom. The predicted octanol–water partition coefficient (Wildman–Crippen LogP) is 3.24. The van der Waals surface area contributed by atoms with Gasteiger partial charge in [-0.05, 0) is 23.6 Å². The van der Waals surface area contributed by atoms with Gasteiger partial charge < -0.3 is 10.6 Å². The van der Waals surface area contributed by atoms with Gasteiger partial charge in [0.15, 0.2) is 0 Å². The molecule has 1 aromatic rings. The Morgan fingerprint density at radius 1 is 1.47 bits per heavy atom. The zero-order valence-electron chi connectivity index (χ0n) is 9.88. The number of hydrogen-bond acceptors (Lipinski definition) is 3. The number of nitrogens with zero attached hydrogens (tertiary/aromatic N) is 4. The van der Waals surface area contributed by atoms with Crippen molar-refractivity contribution in [2.24, 2.45) is 11.0 Å². The van der Waals surface area contributed by atoms with Gasteiger partial charge in [0.2, 0.25) is 5.91 Å². The van der Waals surface area contributed by atoms with E-state index in [0.29, 0.717) is 40.9 Å². The van der Waals surface area contributed by atoms with Crippen LogP contribution in [-0.2, 0) is 4.79 Å². The van der Waals surface area contributed by atoms with Gasteiger partial charge in [0.05, 0.1) is 15.7 Å². The molecule has 0 aromatic heterocycles. The molecule has 1 fully saturated rings. The van der Waals surface area contributed by atoms with Crippen LogP contribution in [0.4, 0.5) is 11.4 Å². The first-order valence-corrected chi connectivity index (χ1v) is 6.34. The van der Waals surface area contributed by atoms with E-state index in [1.54, 1.807) is 17.0 Å². The molecular weight excluding hydrogens is 289 g/mol. The van der Waals surface area contributed by atoms with Gasteiger partial charge in [-0.3, -0.25) is 4.79 Å². The van der Waals surface area contributed by atoms with Crippen LogP contribution in [0.1, 0.15) is 6.42 Å². The van der Waals surface area contributed by atoms with Gasteiger partial charge in [0.25, 0.3) is 0 Å². The molecule has 0 radical (unpaired) electrons. The molecule has 1 unspecified atom stereocenters. The molecule has 0 aliphatic carbocycles. The number of anilines is 2. The second kappa shape index (κ2) is 5.57. The minimum atomic E-state index is -0.0463. The summed E-state index contributed by atoms with van der Waals surface area (Å²) in [5, 5.41) is 4.12. The molecule has 100 valence electrons. The Kier molecular flexibility index (Phi) is 4.04. The second-order valence-corrected chi connectivity index (χ2v) is 5.13. The number of nitrogen functional groups attached to an aromatic ring is 1. The number of amides is 1. The third-order valence-corrected chi connectivity index (χ3v) is 3.61. The zero-order chi connectivity index (χ0) is 14.0. The van der Waals surface area contributed by atoms with Crippen LogP contribution in [0.2, 0.25) is 10.0 Å². The Balaban J connectivity index is 2.23. The van der Waals surface area contributed by atoms with Crippen molar-refractivity contribution < 1.29 is 4.79 Å². The maximum Gasteiger partial charge on any atom is 0.227 e. The van der Waals surface area contributed by atoms with Crippen LogP contribution in [0.25, 0.3) is 10.4 Å². The zero-order valence-corrected chi connectivity index (χ0v) is 11.4. The average molecular weight is 300 g/mol. The largest absolute Gasteiger partial charge is 0.396 e. The molecule has 1 aliphatic heterocycles. The predicted molar refractivity (Wildman–Crippen MR) is 75.3 cm³/mol. The Morgan fingerprint density at radius 2 is 2.11 bits per heavy atom. The first-order valence-electron chi connectivity index (χ1n) is 5.58. The lowest BCUT2D eigenvalue weighted by Gasteiger charge is -2.18. The summed E-state index contributed by atoms with van der Waals surface area (Å²) in [6.45, 7) is 0.781. The van der Waals surface area contributed by atoms with E-state index in [2.05, 4.69) is 10.0 Å². The average Bonchev–Trinajstić information content (AvgIpc) is 2.74. The fourth-order valence-electron chi connectivity index (χ4n) is 2.03. The van der Waals surface area contributed by atoms with E-state index in [4.69, 9.17) is 34.5 Å². The monoisotopic (exact) mass is 299 g/mol. The Labute approximate surface area is 119 Å². The summed E-state index contributed by atoms with van der Waals surface area (Å²) in [6, 6.07) is 3.22. The smallest absolute Gasteiger partial charge is 0.227 e. The van der Waals surface area contributed by atoms with E-state index < -0.39 is 0 Å². The summed E-state index contributed by atoms with van der Waals surface area (Å²) >= 11 is 11.9. The SMILES string of the molecule is [N-]=[N+]=NCC1CC(=O)N(c2cc(Cl)c(N)c(Cl)c2)C1. The molecule has 1 amide bonds. The van der Waals surface area contributed by atoms with Crippen molar-refractivity contribution in [2.45, 2.75) is 6.42 Å². The molecule has 8 heteroatoms. The van der Waals surface area contributed by atoms with Crippen LogP contribution < -0.4 is 10.6 Å². The van der Waals surface area contributed by atoms with Crippen LogP contribution in [0.15, 0.2) is 17.2 Å². The summed E-state index contributed by atoms with van der Waals surface area (Å²) in [6.07, 6.45) is 0.346. The highest BCUT2D eigenvalue weighted by atomic mass is 35.5. The molecule has 19 heavy (non-hydrogen) atoms. The highest BCUT2D eigenvalue weighted by Gasteiger charge is 2.30. The summed E-state index contributed by atoms with van der Waals surface area (Å²) in [7, 11) is 0. The molecule has 6 nitrogen and oxygen atoms in total. The first-order chi connectivity index (χ1) is 9.02. The second-order valence-electron chi connectivity index (χ2n) is 4.31. The number of nitrogens with two attached hydrogens (primary N) is 1. The Bertz CT molecular complexity index is 547. The molecule has 1 saturated heterocycles. The quantitative estimate of drug-likeness (QED) is 0.401. The summed E-state index contributed by atoms with van der Waals surface area (Å²) in [4.78, 5) is 16.2. The highest BCUT2D eigenvalue weighted by Crippen LogP contribution is 2.35. The van der Waals surface area contributed by atoms with Gasteiger partial charge in [-0.15, -0.1) is 0 Å². The van der Waals surface area contributed by atoms with Gasteiger partial charge in [-0.2, -0.15) is 0 Å². The normalized spacial score (nSPS) is 18.5. The van der Waals surface area contributed by atoms with Crippen molar-refractivity contribution in [1.82, 2.24) is 0 Å². The summed E-state index contributed by atoms with van der Waals surface area (Å²) in [5.41, 5.74) is 14.8. The van der Waals surface area contributed by atoms with Gasteiger partial charge in [0, 0.05) is 30.1 Å². The van der Waals surface area contributed by atoms with Crippen molar-refractivity contribution in [1.29, 1.82) is 0 Å². The standard InChI is InChI=1S/C11H11Cl2N5O/c12-8-2-7(3-9(13)11(8)14)18-5-6(1-10(18)19)4-16-17-15/h2-3,6H,1,4-5,14H2. The van der Waals surface area contributed by atoms with Crippen molar-refractivity contribution in [3.05, 3.63) is 32.6 Å². The lowest BCUT2D eigenvalue weighted by Crippen LogP contribution is -2.24. The minimum Gasteiger partial charge on any atom is -0.396 e. The summed E-state index contributed by atoms with van der Waals surface area (Å²) in [5.74, 6) is -0.0338. The third-order valence-electron chi connectivity index (χ3n) is 2.98. The fourth-order valence-corrected chi connectivity index (χ4v) is 2.51. The van der Waals surface area contributed by atoms with Crippen molar-refractivity contribution in [2.75, 3.05) is 23.7 Å². The van der Waals surface area contributed by atoms with E-state index >= 15 is 0 Å². The van der Waals surface area contributed by atoms with E-state index in [1.165, 1.54) is 0 Å². The molecule has 0 spiro atoms. The number of halogens is 2. The molecule has 0 saturated carbocycles. The van der Waals surface area contributed by atoms with Crippen LogP contribution in [0, 0.1) is 5.92 Å². The molecule has 2 rings (SSSR count). The Hall–Kier alpha value is -1.62. The lowest BCUT2D eigenvalue weighted by molar-refractivity contribution is -0.117. The maximum atomic E-state index is 11.9. The molecule has 1 aromatic carbocycles. The number of benzene rings is 1. The number of hydrogen-bond donors (Lipinski definition) is 1. The molecule has 0 bridgehead atoms. The van der Waals surface area contributed by atoms with Crippen LogP contribution in [-0.4, -0.2) is 19.0 Å². The van der Waals surface area contributed by atoms with E-state index in [1.807, 2.05) is 0 Å². The van der Waals surface area contributed by atoms with Crippen LogP contribution >= 0.6 is 23.2 Å². The van der Waals surface area contributed by atoms with Crippen molar-refractivity contribution in [3.63, 3.8) is 0 Å². The summed E-state index contributed by atoms with van der Waals surface area (Å²) < 4.78 is 0. The molecule has 2 N–H and O–H groups in total. The molecule has 1 aliphatic rings. The van der Waals surface area contributed by atoms with Gasteiger partial charge in [-0.1, -0.05) is 28.3 Å². The number of carbonyl (C=O) groups is 1. The van der Waals surface area contributed by atoms with Gasteiger partial charge in [0.1, 0.15) is 0 Å². The van der Waals surface area contributed by atoms with E-state index in [9.17, 15) is 4.79 Å². The van der Waals surface area contributed by atoms with Crippen LogP contribution in [0.5, 0.6) is 0 Å². The highest BCUT2D eigenvalue weighted by molar-refractivity contribution is 6.39. The van der Waals surface area contributed by atoms with E-state index in [-0.39, 0.29) is 11.8 Å². The first kappa shape index (κ1) is 13.8. The number of rotatable bonds is 3. The molecule has 1 heterocycles. The van der Waals surface area contributed by atoms with Crippen LogP contribution in [0.3, 0.4) is 0 Å². The fraction of sp³-hybridized carbons (Fsp3) is 0.364. The molecule has 1 atom stereocenters. The van der Waals surface area contributed by atoms with Gasteiger partial charge in [-0.25, -0.2) is 0 Å². The minimum absolute atomic E-state index is 0.0125. The van der Waals surface area contributed by atoms with Crippen molar-refractivity contribution in [3.8, 4) is 0 Å².